The maximum Gasteiger partial charge on any atom is 0.253 e. The molecule has 5 N–H and O–H groups in total. The van der Waals surface area contributed by atoms with Crippen molar-refractivity contribution < 1.29 is 13.6 Å². The number of carbonyl (C=O) groups excluding carboxylic acids is 1. The Kier molecular flexibility index (Phi) is 3.84. The van der Waals surface area contributed by atoms with Crippen molar-refractivity contribution in [2.45, 2.75) is 6.54 Å². The van der Waals surface area contributed by atoms with Crippen molar-refractivity contribution in [2.24, 2.45) is 0 Å². The molecule has 104 valence electrons. The molecule has 1 amide bonds. The summed E-state index contributed by atoms with van der Waals surface area (Å²) in [6.07, 6.45) is 0. The van der Waals surface area contributed by atoms with E-state index in [-0.39, 0.29) is 17.8 Å². The van der Waals surface area contributed by atoms with E-state index >= 15 is 0 Å². The first-order valence-electron chi connectivity index (χ1n) is 5.84. The highest BCUT2D eigenvalue weighted by atomic mass is 19.2. The van der Waals surface area contributed by atoms with Gasteiger partial charge in [-0.05, 0) is 35.9 Å². The Morgan fingerprint density at radius 1 is 1.05 bits per heavy atom. The van der Waals surface area contributed by atoms with Crippen LogP contribution >= 0.6 is 0 Å². The molecule has 0 saturated heterocycles. The Bertz CT molecular complexity index is 659. The molecule has 0 bridgehead atoms. The lowest BCUT2D eigenvalue weighted by Crippen LogP contribution is -2.24. The minimum Gasteiger partial charge on any atom is -0.399 e. The van der Waals surface area contributed by atoms with Crippen molar-refractivity contribution >= 4 is 17.3 Å². The fourth-order valence-corrected chi connectivity index (χ4v) is 1.72. The smallest absolute Gasteiger partial charge is 0.253 e. The van der Waals surface area contributed by atoms with Gasteiger partial charge in [0.2, 0.25) is 0 Å². The van der Waals surface area contributed by atoms with E-state index in [0.29, 0.717) is 11.3 Å². The number of hydrogen-bond acceptors (Lipinski definition) is 3. The molecule has 20 heavy (non-hydrogen) atoms. The minimum atomic E-state index is -0.955. The molecule has 0 aliphatic heterocycles. The zero-order valence-corrected chi connectivity index (χ0v) is 10.5. The van der Waals surface area contributed by atoms with Crippen molar-refractivity contribution in [1.29, 1.82) is 0 Å². The maximum absolute atomic E-state index is 13.0. The molecule has 0 radical (unpaired) electrons. The van der Waals surface area contributed by atoms with Crippen LogP contribution in [0.25, 0.3) is 0 Å². The average molecular weight is 277 g/mol. The van der Waals surface area contributed by atoms with E-state index in [9.17, 15) is 13.6 Å². The molecule has 2 aromatic rings. The van der Waals surface area contributed by atoms with Crippen LogP contribution in [0.1, 0.15) is 15.9 Å². The van der Waals surface area contributed by atoms with Gasteiger partial charge < -0.3 is 16.8 Å². The van der Waals surface area contributed by atoms with Gasteiger partial charge in [-0.25, -0.2) is 8.78 Å². The molecule has 0 atom stereocenters. The van der Waals surface area contributed by atoms with E-state index in [4.69, 9.17) is 11.5 Å². The van der Waals surface area contributed by atoms with E-state index in [0.717, 1.165) is 12.1 Å². The molecule has 0 fully saturated rings. The predicted molar refractivity (Wildman–Crippen MR) is 72.8 cm³/mol. The molecular weight excluding hydrogens is 264 g/mol. The summed E-state index contributed by atoms with van der Waals surface area (Å²) in [4.78, 5) is 11.9. The van der Waals surface area contributed by atoms with Crippen molar-refractivity contribution in [3.63, 3.8) is 0 Å². The van der Waals surface area contributed by atoms with Crippen LogP contribution in [0.4, 0.5) is 20.2 Å². The summed E-state index contributed by atoms with van der Waals surface area (Å²) in [6.45, 7) is 0.0693. The van der Waals surface area contributed by atoms with E-state index in [1.54, 1.807) is 6.07 Å². The first-order valence-corrected chi connectivity index (χ1v) is 5.84. The highest BCUT2D eigenvalue weighted by Crippen LogP contribution is 2.16. The molecular formula is C14H13F2N3O. The number of nitrogen functional groups attached to an aromatic ring is 2. The third-order valence-corrected chi connectivity index (χ3v) is 2.76. The zero-order chi connectivity index (χ0) is 14.7. The number of nitrogens with one attached hydrogen (secondary N) is 1. The molecule has 0 aliphatic rings. The summed E-state index contributed by atoms with van der Waals surface area (Å²) in [5, 5.41) is 2.57. The van der Waals surface area contributed by atoms with Crippen LogP contribution in [0.15, 0.2) is 36.4 Å². The largest absolute Gasteiger partial charge is 0.399 e. The Labute approximate surface area is 114 Å². The SMILES string of the molecule is Nc1ccc(C(=O)NCc2ccc(F)c(F)c2)c(N)c1. The van der Waals surface area contributed by atoms with Crippen LogP contribution in [0.5, 0.6) is 0 Å². The lowest BCUT2D eigenvalue weighted by Gasteiger charge is -2.08. The third kappa shape index (κ3) is 3.03. The van der Waals surface area contributed by atoms with Gasteiger partial charge in [-0.3, -0.25) is 4.79 Å². The van der Waals surface area contributed by atoms with Gasteiger partial charge in [-0.2, -0.15) is 0 Å². The van der Waals surface area contributed by atoms with E-state index in [1.807, 2.05) is 0 Å². The fourth-order valence-electron chi connectivity index (χ4n) is 1.72. The highest BCUT2D eigenvalue weighted by molar-refractivity contribution is 5.99. The van der Waals surface area contributed by atoms with Gasteiger partial charge in [0, 0.05) is 17.9 Å². The normalized spacial score (nSPS) is 10.3. The molecule has 0 spiro atoms. The van der Waals surface area contributed by atoms with Gasteiger partial charge in [0.25, 0.3) is 5.91 Å². The monoisotopic (exact) mass is 277 g/mol. The number of hydrogen-bond donors (Lipinski definition) is 3. The molecule has 2 rings (SSSR count). The summed E-state index contributed by atoms with van der Waals surface area (Å²) in [5.74, 6) is -2.29. The van der Waals surface area contributed by atoms with E-state index in [2.05, 4.69) is 5.32 Å². The van der Waals surface area contributed by atoms with Crippen molar-refractivity contribution in [1.82, 2.24) is 5.32 Å². The number of rotatable bonds is 3. The molecule has 6 heteroatoms. The Morgan fingerprint density at radius 3 is 2.45 bits per heavy atom. The number of carbonyl (C=O) groups is 1. The summed E-state index contributed by atoms with van der Waals surface area (Å²) < 4.78 is 25.8. The lowest BCUT2D eigenvalue weighted by molar-refractivity contribution is 0.0952. The van der Waals surface area contributed by atoms with Crippen molar-refractivity contribution in [3.05, 3.63) is 59.2 Å². The second-order valence-corrected chi connectivity index (χ2v) is 4.28. The number of halogens is 2. The number of amides is 1. The van der Waals surface area contributed by atoms with Crippen molar-refractivity contribution in [3.8, 4) is 0 Å². The van der Waals surface area contributed by atoms with Gasteiger partial charge in [0.1, 0.15) is 0 Å². The summed E-state index contributed by atoms with van der Waals surface area (Å²) in [7, 11) is 0. The molecule has 0 heterocycles. The van der Waals surface area contributed by atoms with Gasteiger partial charge in [-0.1, -0.05) is 6.07 Å². The van der Waals surface area contributed by atoms with Crippen LogP contribution in [0.2, 0.25) is 0 Å². The molecule has 0 saturated carbocycles. The Hall–Kier alpha value is -2.63. The zero-order valence-electron chi connectivity index (χ0n) is 10.5. The van der Waals surface area contributed by atoms with Crippen LogP contribution in [0, 0.1) is 11.6 Å². The van der Waals surface area contributed by atoms with Gasteiger partial charge in [-0.15, -0.1) is 0 Å². The number of anilines is 2. The topological polar surface area (TPSA) is 81.1 Å². The average Bonchev–Trinajstić information content (AvgIpc) is 2.40. The minimum absolute atomic E-state index is 0.0693. The predicted octanol–water partition coefficient (Wildman–Crippen LogP) is 2.06. The molecule has 2 aromatic carbocycles. The molecule has 4 nitrogen and oxygen atoms in total. The number of benzene rings is 2. The van der Waals surface area contributed by atoms with Gasteiger partial charge in [0.15, 0.2) is 11.6 Å². The molecule has 0 aliphatic carbocycles. The number of nitrogens with two attached hydrogens (primary N) is 2. The van der Waals surface area contributed by atoms with Crippen LogP contribution in [-0.2, 0) is 6.54 Å². The quantitative estimate of drug-likeness (QED) is 0.751. The molecule has 0 aromatic heterocycles. The van der Waals surface area contributed by atoms with Crippen LogP contribution in [0.3, 0.4) is 0 Å². The standard InChI is InChI=1S/C14H13F2N3O/c15-11-4-1-8(5-12(11)16)7-19-14(20)10-3-2-9(17)6-13(10)18/h1-6H,7,17-18H2,(H,19,20). The first kappa shape index (κ1) is 13.8. The van der Waals surface area contributed by atoms with Crippen molar-refractivity contribution in [2.75, 3.05) is 11.5 Å². The van der Waals surface area contributed by atoms with Crippen LogP contribution in [-0.4, -0.2) is 5.91 Å². The summed E-state index contributed by atoms with van der Waals surface area (Å²) >= 11 is 0. The Morgan fingerprint density at radius 2 is 1.80 bits per heavy atom. The lowest BCUT2D eigenvalue weighted by atomic mass is 10.1. The first-order chi connectivity index (χ1) is 9.47. The van der Waals surface area contributed by atoms with Crippen LogP contribution < -0.4 is 16.8 Å². The Balaban J connectivity index is 2.06. The second-order valence-electron chi connectivity index (χ2n) is 4.28. The maximum atomic E-state index is 13.0. The second kappa shape index (κ2) is 5.56. The van der Waals surface area contributed by atoms with E-state index < -0.39 is 17.5 Å². The molecule has 0 unspecified atom stereocenters. The van der Waals surface area contributed by atoms with Gasteiger partial charge in [0.05, 0.1) is 5.56 Å². The summed E-state index contributed by atoms with van der Waals surface area (Å²) in [6, 6.07) is 7.97. The van der Waals surface area contributed by atoms with E-state index in [1.165, 1.54) is 18.2 Å². The third-order valence-electron chi connectivity index (χ3n) is 2.76. The highest BCUT2D eigenvalue weighted by Gasteiger charge is 2.10. The van der Waals surface area contributed by atoms with Gasteiger partial charge >= 0.3 is 0 Å². The fraction of sp³-hybridized carbons (Fsp3) is 0.0714. The summed E-state index contributed by atoms with van der Waals surface area (Å²) in [5.41, 5.74) is 12.7.